The van der Waals surface area contributed by atoms with Crippen LogP contribution in [-0.4, -0.2) is 195 Å². The van der Waals surface area contributed by atoms with Crippen molar-refractivity contribution < 1.29 is 64.1 Å². The number of thioether (sulfide) groups is 2. The summed E-state index contributed by atoms with van der Waals surface area (Å²) in [5, 5.41) is 78.9. The molecule has 0 unspecified atom stereocenters. The van der Waals surface area contributed by atoms with E-state index in [9.17, 15) is 49.2 Å². The summed E-state index contributed by atoms with van der Waals surface area (Å²) in [6.45, 7) is 5.23. The molecule has 6 aromatic heterocycles. The van der Waals surface area contributed by atoms with Gasteiger partial charge in [0.2, 0.25) is 0 Å². The number of aromatic nitrogens is 1. The Bertz CT molecular complexity index is 4590. The lowest BCUT2D eigenvalue weighted by Crippen LogP contribution is -2.53. The molecular formula is C79H80ClN7O13S7. The number of ether oxygens (including phenoxy) is 1. The zero-order chi connectivity index (χ0) is 75.4. The Morgan fingerprint density at radius 2 is 1.02 bits per heavy atom. The van der Waals surface area contributed by atoms with Crippen molar-refractivity contribution in [2.75, 3.05) is 77.0 Å². The maximum atomic E-state index is 12.6. The number of cyclic esters (lactones) is 1. The first-order valence-electron chi connectivity index (χ1n) is 34.6. The van der Waals surface area contributed by atoms with Gasteiger partial charge in [-0.05, 0) is 167 Å². The molecule has 20 nitrogen and oxygen atoms in total. The van der Waals surface area contributed by atoms with Gasteiger partial charge >= 0.3 is 24.0 Å². The predicted octanol–water partition coefficient (Wildman–Crippen LogP) is 14.5. The quantitative estimate of drug-likeness (QED) is 0.0238. The van der Waals surface area contributed by atoms with Crippen molar-refractivity contribution >= 4 is 138 Å². The minimum atomic E-state index is -1.01. The summed E-state index contributed by atoms with van der Waals surface area (Å²) >= 11 is 15.6. The monoisotopic (exact) mass is 1590 g/mol. The van der Waals surface area contributed by atoms with Crippen molar-refractivity contribution in [2.24, 2.45) is 0 Å². The Hall–Kier alpha value is -8.46. The molecule has 3 atom stereocenters. The van der Waals surface area contributed by atoms with E-state index in [1.165, 1.54) is 57.8 Å². The number of carbonyl (C=O) groups excluding carboxylic acids is 3. The first-order valence-corrected chi connectivity index (χ1v) is 41.2. The number of hydrazine groups is 3. The number of carbonyl (C=O) groups is 6. The number of amides is 3. The van der Waals surface area contributed by atoms with E-state index in [4.69, 9.17) is 26.6 Å². The number of aliphatic hydroxyl groups is 3. The molecule has 0 aliphatic carbocycles. The average Bonchev–Trinajstić information content (AvgIpc) is 1.70. The Labute approximate surface area is 655 Å². The lowest BCUT2D eigenvalue weighted by molar-refractivity contribution is -0.0722. The number of halogens is 1. The zero-order valence-corrected chi connectivity index (χ0v) is 64.7. The Morgan fingerprint density at radius 1 is 0.505 bits per heavy atom. The molecule has 3 aromatic carbocycles. The molecule has 107 heavy (non-hydrogen) atoms. The fraction of sp³-hybridized carbons (Fsp3) is 0.304. The van der Waals surface area contributed by atoms with Gasteiger partial charge in [-0.15, -0.1) is 34.0 Å². The molecule has 3 saturated heterocycles. The highest BCUT2D eigenvalue weighted by Gasteiger charge is 2.31. The molecule has 0 spiro atoms. The summed E-state index contributed by atoms with van der Waals surface area (Å²) in [4.78, 5) is 78.5. The molecule has 6 N–H and O–H groups in total. The number of hydrogen-bond donors (Lipinski definition) is 6. The van der Waals surface area contributed by atoms with Crippen LogP contribution < -0.4 is 0 Å². The molecule has 12 rings (SSSR count). The van der Waals surface area contributed by atoms with E-state index in [1.807, 2.05) is 117 Å². The van der Waals surface area contributed by atoms with Crippen molar-refractivity contribution in [3.63, 3.8) is 0 Å². The fourth-order valence-electron chi connectivity index (χ4n) is 11.6. The number of benzene rings is 3. The van der Waals surface area contributed by atoms with Crippen molar-refractivity contribution in [1.82, 2.24) is 35.0 Å². The second-order valence-electron chi connectivity index (χ2n) is 24.9. The van der Waals surface area contributed by atoms with Crippen molar-refractivity contribution in [3.8, 4) is 23.7 Å². The van der Waals surface area contributed by atoms with Crippen LogP contribution in [0.15, 0.2) is 161 Å². The van der Waals surface area contributed by atoms with Crippen LogP contribution in [0.5, 0.6) is 0 Å². The van der Waals surface area contributed by atoms with Crippen LogP contribution >= 0.6 is 91.8 Å². The van der Waals surface area contributed by atoms with E-state index in [-0.39, 0.29) is 20.2 Å². The van der Waals surface area contributed by atoms with Gasteiger partial charge < -0.3 is 35.4 Å². The van der Waals surface area contributed by atoms with Crippen LogP contribution in [0.4, 0.5) is 14.4 Å². The molecule has 3 fully saturated rings. The topological polar surface area (TPSA) is 265 Å². The molecule has 558 valence electrons. The van der Waals surface area contributed by atoms with Gasteiger partial charge in [-0.1, -0.05) is 120 Å². The molecule has 0 saturated carbocycles. The molecule has 28 heteroatoms. The number of aliphatic hydroxyl groups excluding tert-OH is 3. The van der Waals surface area contributed by atoms with Gasteiger partial charge in [0.25, 0.3) is 10.5 Å². The van der Waals surface area contributed by atoms with E-state index < -0.39 is 42.3 Å². The normalized spacial score (nSPS) is 15.1. The van der Waals surface area contributed by atoms with Gasteiger partial charge in [0, 0.05) is 126 Å². The number of thiophene rings is 5. The second-order valence-corrected chi connectivity index (χ2v) is 32.4. The number of nitrogens with zero attached hydrogens (tertiary/aromatic N) is 7. The summed E-state index contributed by atoms with van der Waals surface area (Å²) < 4.78 is 5.20. The Balaban J connectivity index is 0.000000172. The molecule has 9 heterocycles. The summed E-state index contributed by atoms with van der Waals surface area (Å²) in [6, 6.07) is 41.8. The van der Waals surface area contributed by atoms with E-state index in [0.29, 0.717) is 138 Å². The number of carboxylic acids is 3. The number of aromatic carboxylic acids is 3. The van der Waals surface area contributed by atoms with Crippen molar-refractivity contribution in [3.05, 3.63) is 246 Å². The number of hydrogen-bond acceptors (Lipinski definition) is 21. The molecule has 0 radical (unpaired) electrons. The van der Waals surface area contributed by atoms with Gasteiger partial charge in [0.15, 0.2) is 0 Å². The highest BCUT2D eigenvalue weighted by molar-refractivity contribution is 8.13. The Morgan fingerprint density at radius 3 is 1.54 bits per heavy atom. The smallest absolute Gasteiger partial charge is 0.424 e. The summed E-state index contributed by atoms with van der Waals surface area (Å²) in [7, 11) is 0. The number of pyridine rings is 1. The molecule has 3 amide bonds. The van der Waals surface area contributed by atoms with E-state index in [1.54, 1.807) is 62.1 Å². The van der Waals surface area contributed by atoms with Crippen LogP contribution in [0.25, 0.3) is 12.2 Å². The standard InChI is InChI=1S/C27H26ClN3O4S2.C26H26N2O5S2.C26H28N2O4S3/c28-23-18-25(26(33)34)37-24(23)10-13-31-27(35)36-15-14-30(31)12-9-22(32)17-20-5-3-4-19(16-20)7-8-21-6-1-2-11-29-21;29-22(17-21-3-1-2-19(16-21)4-5-20-10-15-34-18-20)8-11-27-13-14-33-26(32)28(27)12-9-23-6-7-24(35-23)25(30)31;29-22(17-21-3-1-2-19(16-21)4-5-20-10-14-33-18-20)8-11-27-13-15-34-26(32)28(27)12-9-23-6-7-24(35-23)25(30)31/h1-6,11,16,18,22,32H,9-10,12-15,17H2,(H,33,34);1-3,6-7,10,15-16,18,22,29H,8-9,11-14,17H2,(H,30,31);1-7,10,14,16,18,22,29H,8-9,11-13,15,17H2,(H,30,31)/b;;5-4+/t3*22-/m111/s1. The van der Waals surface area contributed by atoms with Crippen molar-refractivity contribution in [1.29, 1.82) is 0 Å². The largest absolute Gasteiger partial charge is 0.477 e. The fourth-order valence-corrected chi connectivity index (χ4v) is 17.4. The summed E-state index contributed by atoms with van der Waals surface area (Å²) in [5.41, 5.74) is 8.83. The molecule has 3 aliphatic rings. The lowest BCUT2D eigenvalue weighted by atomic mass is 10.0. The number of rotatable bonds is 29. The van der Waals surface area contributed by atoms with Gasteiger partial charge in [-0.2, -0.15) is 22.7 Å². The predicted molar refractivity (Wildman–Crippen MR) is 428 cm³/mol. The van der Waals surface area contributed by atoms with Gasteiger partial charge in [-0.25, -0.2) is 44.2 Å². The van der Waals surface area contributed by atoms with Gasteiger partial charge in [0.05, 0.1) is 29.9 Å². The highest BCUT2D eigenvalue weighted by atomic mass is 35.5. The first-order chi connectivity index (χ1) is 51.8. The van der Waals surface area contributed by atoms with Crippen LogP contribution in [-0.2, 0) is 43.3 Å². The lowest BCUT2D eigenvalue weighted by Gasteiger charge is -2.38. The van der Waals surface area contributed by atoms with Crippen LogP contribution in [0.3, 0.4) is 0 Å². The van der Waals surface area contributed by atoms with Crippen LogP contribution in [0, 0.1) is 23.7 Å². The molecular weight excluding hydrogens is 1510 g/mol. The van der Waals surface area contributed by atoms with E-state index >= 15 is 0 Å². The summed E-state index contributed by atoms with van der Waals surface area (Å²) in [5.74, 6) is 11.0. The second kappa shape index (κ2) is 41.8. The maximum absolute atomic E-state index is 12.6. The summed E-state index contributed by atoms with van der Waals surface area (Å²) in [6.07, 6.45) is 8.52. The van der Waals surface area contributed by atoms with Crippen LogP contribution in [0.2, 0.25) is 5.02 Å². The molecule has 9 aromatic rings. The van der Waals surface area contributed by atoms with Gasteiger partial charge in [-0.3, -0.25) is 19.6 Å². The van der Waals surface area contributed by atoms with E-state index in [2.05, 4.69) is 69.8 Å². The first kappa shape index (κ1) is 81.1. The van der Waals surface area contributed by atoms with E-state index in [0.717, 1.165) is 77.2 Å². The minimum Gasteiger partial charge on any atom is -0.477 e. The third kappa shape index (κ3) is 26.1. The third-order valence-corrected chi connectivity index (χ3v) is 24.0. The number of carboxylic acid groups (broad SMARTS) is 3. The molecule has 0 bridgehead atoms. The van der Waals surface area contributed by atoms with Crippen LogP contribution in [0.1, 0.15) is 113 Å². The zero-order valence-electron chi connectivity index (χ0n) is 58.2. The van der Waals surface area contributed by atoms with Crippen molar-refractivity contribution in [2.45, 2.75) is 76.1 Å². The average molecular weight is 1600 g/mol. The van der Waals surface area contributed by atoms with Gasteiger partial charge in [0.1, 0.15) is 26.9 Å². The maximum Gasteiger partial charge on any atom is 0.424 e. The molecule has 3 aliphatic heterocycles. The minimum absolute atomic E-state index is 0.00543. The highest BCUT2D eigenvalue weighted by Crippen LogP contribution is 2.30. The SMILES string of the molecule is O=C(O)c1cc(Cl)c(CCN2C(=O)SCCN2CC[C@@H](O)Cc2cccc(C#Cc3ccccn3)c2)s1.O=C(O)c1ccc(CCN2C(=O)OCCN2CC[C@@H](O)Cc2cccc(C#Cc3ccsc3)c2)s1.O=C(O)c1ccc(CCN2C(=O)SCCN2CC[C@@H](O)Cc2cccc(/C=C/c3ccsc3)c2)s1. The Kier molecular flexibility index (Phi) is 31.6. The third-order valence-electron chi connectivity index (χ3n) is 17.0.